The zero-order valence-electron chi connectivity index (χ0n) is 17.7. The van der Waals surface area contributed by atoms with Crippen LogP contribution in [0.2, 0.25) is 10.0 Å². The number of para-hydroxylation sites is 1. The third-order valence-electron chi connectivity index (χ3n) is 4.06. The quantitative estimate of drug-likeness (QED) is 0.367. The van der Waals surface area contributed by atoms with E-state index in [1.807, 2.05) is 32.0 Å². The summed E-state index contributed by atoms with van der Waals surface area (Å²) in [5.41, 5.74) is 3.12. The van der Waals surface area contributed by atoms with Crippen molar-refractivity contribution in [1.29, 1.82) is 0 Å². The molecule has 2 rings (SSSR count). The third kappa shape index (κ3) is 8.95. The van der Waals surface area contributed by atoms with Gasteiger partial charge in [-0.2, -0.15) is 0 Å². The van der Waals surface area contributed by atoms with E-state index >= 15 is 0 Å². The zero-order valence-corrected chi connectivity index (χ0v) is 19.9. The average Bonchev–Trinajstić information content (AvgIpc) is 2.74. The van der Waals surface area contributed by atoms with Crippen LogP contribution in [0.25, 0.3) is 0 Å². The van der Waals surface area contributed by atoms with E-state index in [0.29, 0.717) is 22.4 Å². The van der Waals surface area contributed by atoms with Gasteiger partial charge in [0.2, 0.25) is 5.91 Å². The first kappa shape index (κ1) is 27.0. The second-order valence-corrected chi connectivity index (χ2v) is 7.38. The number of hydrogen-bond acceptors (Lipinski definition) is 4. The first-order chi connectivity index (χ1) is 14.7. The van der Waals surface area contributed by atoms with Crippen LogP contribution in [-0.4, -0.2) is 42.8 Å². The Morgan fingerprint density at radius 2 is 1.84 bits per heavy atom. The highest BCUT2D eigenvalue weighted by Gasteiger charge is 2.19. The van der Waals surface area contributed by atoms with Gasteiger partial charge in [0.1, 0.15) is 18.4 Å². The molecule has 2 aromatic carbocycles. The first-order valence-electron chi connectivity index (χ1n) is 9.57. The largest absolute Gasteiger partial charge is 0.480 e. The van der Waals surface area contributed by atoms with Crippen LogP contribution in [0.5, 0.6) is 5.75 Å². The standard InChI is InChI=1S/C14H20ClNO2.C8H6Cl2O3/c1-4-12-8-6-7-11(3)14(12)16(10-18-5-2)13(17)9-15;9-5-1-2-7(6(10)3-5)13-4-8(11)12/h6-8H,4-5,9-10H2,1-3H3;1-3H,4H2,(H,11,12). The van der Waals surface area contributed by atoms with E-state index in [9.17, 15) is 9.59 Å². The van der Waals surface area contributed by atoms with Crippen LogP contribution in [0.3, 0.4) is 0 Å². The number of carboxylic acids is 1. The Balaban J connectivity index is 0.000000327. The Kier molecular flexibility index (Phi) is 12.3. The molecule has 9 heteroatoms. The highest BCUT2D eigenvalue weighted by molar-refractivity contribution is 6.35. The van der Waals surface area contributed by atoms with Crippen LogP contribution < -0.4 is 9.64 Å². The number of rotatable bonds is 9. The van der Waals surface area contributed by atoms with Gasteiger partial charge >= 0.3 is 5.97 Å². The molecule has 0 fully saturated rings. The maximum Gasteiger partial charge on any atom is 0.341 e. The maximum atomic E-state index is 12.0. The van der Waals surface area contributed by atoms with Crippen LogP contribution in [0.1, 0.15) is 25.0 Å². The van der Waals surface area contributed by atoms with Crippen LogP contribution in [0.4, 0.5) is 5.69 Å². The predicted molar refractivity (Wildman–Crippen MR) is 125 cm³/mol. The molecule has 0 heterocycles. The molecule has 6 nitrogen and oxygen atoms in total. The molecule has 2 aromatic rings. The third-order valence-corrected chi connectivity index (χ3v) is 4.82. The number of nitrogens with zero attached hydrogens (tertiary/aromatic N) is 1. The van der Waals surface area contributed by atoms with Crippen molar-refractivity contribution in [2.45, 2.75) is 27.2 Å². The molecule has 1 N–H and O–H groups in total. The van der Waals surface area contributed by atoms with Crippen molar-refractivity contribution in [3.8, 4) is 5.75 Å². The molecule has 0 aliphatic carbocycles. The summed E-state index contributed by atoms with van der Waals surface area (Å²) in [5, 5.41) is 9.11. The van der Waals surface area contributed by atoms with Gasteiger partial charge in [-0.25, -0.2) is 4.79 Å². The minimum Gasteiger partial charge on any atom is -0.480 e. The minimum absolute atomic E-state index is 0.0371. The van der Waals surface area contributed by atoms with Gasteiger partial charge in [-0.3, -0.25) is 9.69 Å². The number of ether oxygens (including phenoxy) is 2. The van der Waals surface area contributed by atoms with Gasteiger partial charge in [0, 0.05) is 11.6 Å². The van der Waals surface area contributed by atoms with Gasteiger partial charge in [0.05, 0.1) is 10.7 Å². The van der Waals surface area contributed by atoms with Gasteiger partial charge in [-0.1, -0.05) is 48.3 Å². The number of anilines is 1. The molecule has 0 aliphatic rings. The number of alkyl halides is 1. The number of carbonyl (C=O) groups is 2. The van der Waals surface area contributed by atoms with Gasteiger partial charge in [0.25, 0.3) is 0 Å². The smallest absolute Gasteiger partial charge is 0.341 e. The summed E-state index contributed by atoms with van der Waals surface area (Å²) >= 11 is 17.0. The maximum absolute atomic E-state index is 12.0. The molecule has 31 heavy (non-hydrogen) atoms. The van der Waals surface area contributed by atoms with Crippen molar-refractivity contribution in [2.24, 2.45) is 0 Å². The molecule has 0 bridgehead atoms. The fourth-order valence-corrected chi connectivity index (χ4v) is 3.25. The van der Waals surface area contributed by atoms with Crippen molar-refractivity contribution in [3.05, 3.63) is 57.6 Å². The Bertz CT molecular complexity index is 876. The highest BCUT2D eigenvalue weighted by Crippen LogP contribution is 2.27. The fourth-order valence-electron chi connectivity index (χ4n) is 2.64. The molecule has 0 saturated carbocycles. The number of halogens is 3. The average molecular weight is 491 g/mol. The molecule has 0 atom stereocenters. The first-order valence-corrected chi connectivity index (χ1v) is 10.9. The van der Waals surface area contributed by atoms with Gasteiger partial charge in [-0.05, 0) is 49.6 Å². The second-order valence-electron chi connectivity index (χ2n) is 6.27. The SMILES string of the molecule is CCOCN(C(=O)CCl)c1c(C)cccc1CC.O=C(O)COc1ccc(Cl)cc1Cl. The lowest BCUT2D eigenvalue weighted by atomic mass is 10.0. The lowest BCUT2D eigenvalue weighted by molar-refractivity contribution is -0.139. The summed E-state index contributed by atoms with van der Waals surface area (Å²) < 4.78 is 10.2. The molecule has 0 saturated heterocycles. The molecule has 0 radical (unpaired) electrons. The van der Waals surface area contributed by atoms with Crippen molar-refractivity contribution in [1.82, 2.24) is 0 Å². The van der Waals surface area contributed by atoms with Crippen LogP contribution in [-0.2, 0) is 20.7 Å². The monoisotopic (exact) mass is 489 g/mol. The van der Waals surface area contributed by atoms with E-state index in [4.69, 9.17) is 49.4 Å². The second kappa shape index (κ2) is 14.1. The van der Waals surface area contributed by atoms with Gasteiger partial charge in [-0.15, -0.1) is 11.6 Å². The molecular formula is C22H26Cl3NO5. The molecule has 0 unspecified atom stereocenters. The molecule has 170 valence electrons. The van der Waals surface area contributed by atoms with Crippen LogP contribution in [0.15, 0.2) is 36.4 Å². The number of aliphatic carboxylic acids is 1. The van der Waals surface area contributed by atoms with Gasteiger partial charge < -0.3 is 14.6 Å². The molecule has 0 aromatic heterocycles. The lowest BCUT2D eigenvalue weighted by Gasteiger charge is -2.25. The summed E-state index contributed by atoms with van der Waals surface area (Å²) in [5.74, 6) is -0.904. The normalized spacial score (nSPS) is 10.1. The van der Waals surface area contributed by atoms with Crippen molar-refractivity contribution in [3.63, 3.8) is 0 Å². The van der Waals surface area contributed by atoms with E-state index in [0.717, 1.165) is 23.2 Å². The van der Waals surface area contributed by atoms with Crippen molar-refractivity contribution >= 4 is 52.4 Å². The van der Waals surface area contributed by atoms with Crippen molar-refractivity contribution < 1.29 is 24.2 Å². The minimum atomic E-state index is -1.05. The van der Waals surface area contributed by atoms with Crippen LogP contribution >= 0.6 is 34.8 Å². The van der Waals surface area contributed by atoms with E-state index in [1.165, 1.54) is 12.1 Å². The number of amides is 1. The fraction of sp³-hybridized carbons (Fsp3) is 0.364. The highest BCUT2D eigenvalue weighted by atomic mass is 35.5. The Labute approximate surface area is 197 Å². The Morgan fingerprint density at radius 3 is 2.39 bits per heavy atom. The van der Waals surface area contributed by atoms with E-state index in [2.05, 4.69) is 6.92 Å². The molecular weight excluding hydrogens is 465 g/mol. The molecule has 0 spiro atoms. The topological polar surface area (TPSA) is 76.1 Å². The van der Waals surface area contributed by atoms with Crippen LogP contribution in [0, 0.1) is 6.92 Å². The van der Waals surface area contributed by atoms with Gasteiger partial charge in [0.15, 0.2) is 6.61 Å². The summed E-state index contributed by atoms with van der Waals surface area (Å²) in [6, 6.07) is 10.6. The number of carboxylic acid groups (broad SMARTS) is 1. The zero-order chi connectivity index (χ0) is 23.4. The van der Waals surface area contributed by atoms with E-state index in [-0.39, 0.29) is 18.5 Å². The van der Waals surface area contributed by atoms with E-state index in [1.54, 1.807) is 11.0 Å². The number of hydrogen-bond donors (Lipinski definition) is 1. The Hall–Kier alpha value is -1.99. The lowest BCUT2D eigenvalue weighted by Crippen LogP contribution is -2.35. The Morgan fingerprint density at radius 1 is 1.13 bits per heavy atom. The number of carbonyl (C=O) groups excluding carboxylic acids is 1. The predicted octanol–water partition coefficient (Wildman–Crippen LogP) is 5.58. The number of aryl methyl sites for hydroxylation is 2. The van der Waals surface area contributed by atoms with Crippen molar-refractivity contribution in [2.75, 3.05) is 30.7 Å². The van der Waals surface area contributed by atoms with E-state index < -0.39 is 12.6 Å². The number of benzene rings is 2. The molecule has 1 amide bonds. The summed E-state index contributed by atoms with van der Waals surface area (Å²) in [6.45, 7) is 6.37. The summed E-state index contributed by atoms with van der Waals surface area (Å²) in [6.07, 6.45) is 0.870. The molecule has 0 aliphatic heterocycles. The summed E-state index contributed by atoms with van der Waals surface area (Å²) in [4.78, 5) is 23.7. The summed E-state index contributed by atoms with van der Waals surface area (Å²) in [7, 11) is 0.